The minimum Gasteiger partial charge on any atom is -0.381 e. The molecule has 22 heavy (non-hydrogen) atoms. The molecule has 1 aromatic carbocycles. The molecule has 1 fully saturated rings. The van der Waals surface area contributed by atoms with Gasteiger partial charge in [-0.05, 0) is 25.0 Å². The van der Waals surface area contributed by atoms with Gasteiger partial charge < -0.3 is 14.6 Å². The van der Waals surface area contributed by atoms with Gasteiger partial charge in [0.2, 0.25) is 5.91 Å². The zero-order chi connectivity index (χ0) is 15.2. The summed E-state index contributed by atoms with van der Waals surface area (Å²) in [5, 5.41) is 8.52. The van der Waals surface area contributed by atoms with Crippen LogP contribution < -0.4 is 5.32 Å². The van der Waals surface area contributed by atoms with Crippen molar-refractivity contribution in [3.05, 3.63) is 30.0 Å². The molecule has 118 valence electrons. The highest BCUT2D eigenvalue weighted by atomic mass is 32.2. The van der Waals surface area contributed by atoms with E-state index in [0.717, 1.165) is 42.8 Å². The van der Waals surface area contributed by atoms with Crippen LogP contribution in [0.3, 0.4) is 0 Å². The lowest BCUT2D eigenvalue weighted by Crippen LogP contribution is -2.28. The molecule has 2 aromatic rings. The van der Waals surface area contributed by atoms with Crippen LogP contribution in [0.5, 0.6) is 0 Å². The van der Waals surface area contributed by atoms with Crippen LogP contribution in [0.1, 0.15) is 18.5 Å². The van der Waals surface area contributed by atoms with Crippen molar-refractivity contribution < 1.29 is 14.1 Å². The first-order valence-corrected chi connectivity index (χ1v) is 8.67. The van der Waals surface area contributed by atoms with Crippen molar-refractivity contribution in [2.75, 3.05) is 25.5 Å². The summed E-state index contributed by atoms with van der Waals surface area (Å²) in [6.07, 6.45) is 2.49. The molecule has 1 N–H and O–H groups in total. The third-order valence-electron chi connectivity index (χ3n) is 3.73. The predicted molar refractivity (Wildman–Crippen MR) is 87.0 cm³/mol. The molecule has 0 unspecified atom stereocenters. The maximum Gasteiger partial charge on any atom is 0.226 e. The van der Waals surface area contributed by atoms with Crippen LogP contribution in [-0.4, -0.2) is 41.8 Å². The Hall–Kier alpha value is -1.53. The Morgan fingerprint density at radius 1 is 1.32 bits per heavy atom. The van der Waals surface area contributed by atoms with Crippen molar-refractivity contribution in [2.45, 2.75) is 24.5 Å². The second kappa shape index (κ2) is 7.65. The number of amides is 1. The van der Waals surface area contributed by atoms with E-state index >= 15 is 0 Å². The summed E-state index contributed by atoms with van der Waals surface area (Å²) in [5.74, 6) is 0.933. The SMILES string of the molecule is O=C(Cc1noc2ccccc12)NCCSC1CCOCC1. The maximum atomic E-state index is 12.0. The van der Waals surface area contributed by atoms with E-state index < -0.39 is 0 Å². The number of thioether (sulfide) groups is 1. The minimum absolute atomic E-state index is 0.00775. The summed E-state index contributed by atoms with van der Waals surface area (Å²) in [4.78, 5) is 12.0. The molecule has 1 aliphatic rings. The first-order chi connectivity index (χ1) is 10.8. The van der Waals surface area contributed by atoms with Gasteiger partial charge in [0, 0.05) is 36.1 Å². The Morgan fingerprint density at radius 3 is 3.00 bits per heavy atom. The summed E-state index contributed by atoms with van der Waals surface area (Å²) >= 11 is 1.92. The first kappa shape index (κ1) is 15.4. The first-order valence-electron chi connectivity index (χ1n) is 7.62. The third kappa shape index (κ3) is 4.01. The number of carbonyl (C=O) groups excluding carboxylic acids is 1. The van der Waals surface area contributed by atoms with E-state index in [1.165, 1.54) is 0 Å². The monoisotopic (exact) mass is 320 g/mol. The number of fused-ring (bicyclic) bond motifs is 1. The lowest BCUT2D eigenvalue weighted by Gasteiger charge is -2.21. The van der Waals surface area contributed by atoms with Crippen LogP contribution in [0.15, 0.2) is 28.8 Å². The average molecular weight is 320 g/mol. The molecular formula is C16H20N2O3S. The maximum absolute atomic E-state index is 12.0. The van der Waals surface area contributed by atoms with Crippen molar-refractivity contribution in [1.82, 2.24) is 10.5 Å². The van der Waals surface area contributed by atoms with Gasteiger partial charge in [0.05, 0.1) is 6.42 Å². The van der Waals surface area contributed by atoms with Crippen molar-refractivity contribution in [2.24, 2.45) is 0 Å². The number of aromatic nitrogens is 1. The number of rotatable bonds is 6. The van der Waals surface area contributed by atoms with E-state index in [2.05, 4.69) is 10.5 Å². The van der Waals surface area contributed by atoms with Crippen molar-refractivity contribution in [3.63, 3.8) is 0 Å². The number of ether oxygens (including phenoxy) is 1. The highest BCUT2D eigenvalue weighted by Crippen LogP contribution is 2.21. The number of nitrogens with one attached hydrogen (secondary N) is 1. The number of benzene rings is 1. The topological polar surface area (TPSA) is 64.4 Å². The van der Waals surface area contributed by atoms with Crippen LogP contribution in [0.4, 0.5) is 0 Å². The minimum atomic E-state index is -0.00775. The molecule has 0 aliphatic carbocycles. The molecule has 0 bridgehead atoms. The lowest BCUT2D eigenvalue weighted by atomic mass is 10.2. The van der Waals surface area contributed by atoms with Gasteiger partial charge in [0.25, 0.3) is 0 Å². The number of carbonyl (C=O) groups is 1. The van der Waals surface area contributed by atoms with Crippen molar-refractivity contribution in [1.29, 1.82) is 0 Å². The molecule has 1 aromatic heterocycles. The van der Waals surface area contributed by atoms with Gasteiger partial charge in [-0.15, -0.1) is 0 Å². The van der Waals surface area contributed by atoms with Gasteiger partial charge in [-0.2, -0.15) is 11.8 Å². The van der Waals surface area contributed by atoms with E-state index in [-0.39, 0.29) is 12.3 Å². The number of hydrogen-bond acceptors (Lipinski definition) is 5. The highest BCUT2D eigenvalue weighted by molar-refractivity contribution is 7.99. The molecule has 2 heterocycles. The second-order valence-corrected chi connectivity index (χ2v) is 6.74. The molecule has 1 aliphatic heterocycles. The highest BCUT2D eigenvalue weighted by Gasteiger charge is 2.14. The predicted octanol–water partition coefficient (Wildman–Crippen LogP) is 2.40. The van der Waals surface area contributed by atoms with Crippen LogP contribution in [0.25, 0.3) is 11.0 Å². The molecule has 0 radical (unpaired) electrons. The Kier molecular flexibility index (Phi) is 5.34. The van der Waals surface area contributed by atoms with Crippen LogP contribution in [0, 0.1) is 0 Å². The Bertz CT molecular complexity index is 623. The van der Waals surface area contributed by atoms with E-state index in [4.69, 9.17) is 9.26 Å². The van der Waals surface area contributed by atoms with E-state index in [9.17, 15) is 4.79 Å². The van der Waals surface area contributed by atoms with E-state index in [1.807, 2.05) is 36.0 Å². The quantitative estimate of drug-likeness (QED) is 0.828. The summed E-state index contributed by atoms with van der Waals surface area (Å²) in [7, 11) is 0. The number of para-hydroxylation sites is 1. The zero-order valence-electron chi connectivity index (χ0n) is 12.4. The van der Waals surface area contributed by atoms with Gasteiger partial charge in [-0.3, -0.25) is 4.79 Å². The molecule has 1 saturated heterocycles. The normalized spacial score (nSPS) is 16.0. The fourth-order valence-electron chi connectivity index (χ4n) is 2.54. The van der Waals surface area contributed by atoms with Crippen LogP contribution >= 0.6 is 11.8 Å². The standard InChI is InChI=1S/C16H20N2O3S/c19-16(17-7-10-22-12-5-8-20-9-6-12)11-14-13-3-1-2-4-15(13)21-18-14/h1-4,12H,5-11H2,(H,17,19). The number of nitrogens with zero attached hydrogens (tertiary/aromatic N) is 1. The Labute approximate surface area is 133 Å². The van der Waals surface area contributed by atoms with E-state index in [0.29, 0.717) is 17.5 Å². The molecule has 3 rings (SSSR count). The van der Waals surface area contributed by atoms with Crippen molar-refractivity contribution in [3.8, 4) is 0 Å². The third-order valence-corrected chi connectivity index (χ3v) is 5.11. The largest absolute Gasteiger partial charge is 0.381 e. The molecule has 1 amide bonds. The lowest BCUT2D eigenvalue weighted by molar-refractivity contribution is -0.120. The number of hydrogen-bond donors (Lipinski definition) is 1. The average Bonchev–Trinajstić information content (AvgIpc) is 2.96. The summed E-state index contributed by atoms with van der Waals surface area (Å²) in [5.41, 5.74) is 1.42. The van der Waals surface area contributed by atoms with Gasteiger partial charge in [0.15, 0.2) is 5.58 Å². The van der Waals surface area contributed by atoms with E-state index in [1.54, 1.807) is 0 Å². The summed E-state index contributed by atoms with van der Waals surface area (Å²) < 4.78 is 10.5. The van der Waals surface area contributed by atoms with Gasteiger partial charge in [-0.25, -0.2) is 0 Å². The summed E-state index contributed by atoms with van der Waals surface area (Å²) in [6.45, 7) is 2.42. The summed E-state index contributed by atoms with van der Waals surface area (Å²) in [6, 6.07) is 7.60. The second-order valence-electron chi connectivity index (χ2n) is 5.33. The molecule has 5 nitrogen and oxygen atoms in total. The Morgan fingerprint density at radius 2 is 2.14 bits per heavy atom. The fraction of sp³-hybridized carbons (Fsp3) is 0.500. The van der Waals surface area contributed by atoms with Crippen molar-refractivity contribution >= 4 is 28.6 Å². The van der Waals surface area contributed by atoms with Gasteiger partial charge in [0.1, 0.15) is 5.69 Å². The molecule has 0 spiro atoms. The van der Waals surface area contributed by atoms with Crippen LogP contribution in [0.2, 0.25) is 0 Å². The molecule has 0 atom stereocenters. The van der Waals surface area contributed by atoms with Crippen LogP contribution in [-0.2, 0) is 16.0 Å². The zero-order valence-corrected chi connectivity index (χ0v) is 13.2. The fourth-order valence-corrected chi connectivity index (χ4v) is 3.62. The molecular weight excluding hydrogens is 300 g/mol. The molecule has 0 saturated carbocycles. The van der Waals surface area contributed by atoms with Gasteiger partial charge in [-0.1, -0.05) is 17.3 Å². The smallest absolute Gasteiger partial charge is 0.226 e. The van der Waals surface area contributed by atoms with Gasteiger partial charge >= 0.3 is 0 Å². The Balaban J connectivity index is 1.41. The molecule has 6 heteroatoms.